The van der Waals surface area contributed by atoms with Crippen molar-refractivity contribution in [2.75, 3.05) is 6.54 Å². The standard InChI is InChI=1S/C10H11ClN2O/c11-7-3-1-2-6-4-8(9(14)5-12)13-10(6)7/h1-4,9,13-14H,5,12H2. The highest BCUT2D eigenvalue weighted by Crippen LogP contribution is 2.25. The first-order valence-corrected chi connectivity index (χ1v) is 4.75. The summed E-state index contributed by atoms with van der Waals surface area (Å²) in [6.07, 6.45) is -0.654. The van der Waals surface area contributed by atoms with Gasteiger partial charge in [-0.25, -0.2) is 0 Å². The lowest BCUT2D eigenvalue weighted by molar-refractivity contribution is 0.183. The highest BCUT2D eigenvalue weighted by Gasteiger charge is 2.09. The molecule has 0 radical (unpaired) electrons. The number of fused-ring (bicyclic) bond motifs is 1. The number of hydrogen-bond acceptors (Lipinski definition) is 2. The number of aromatic nitrogens is 1. The van der Waals surface area contributed by atoms with Crippen LogP contribution in [-0.4, -0.2) is 16.6 Å². The molecule has 1 aromatic heterocycles. The molecule has 0 amide bonds. The molecule has 0 spiro atoms. The van der Waals surface area contributed by atoms with Gasteiger partial charge in [0.1, 0.15) is 6.10 Å². The maximum atomic E-state index is 9.52. The summed E-state index contributed by atoms with van der Waals surface area (Å²) >= 11 is 5.97. The smallest absolute Gasteiger partial charge is 0.106 e. The van der Waals surface area contributed by atoms with Crippen LogP contribution in [0.4, 0.5) is 0 Å². The van der Waals surface area contributed by atoms with Crippen molar-refractivity contribution in [2.24, 2.45) is 5.73 Å². The van der Waals surface area contributed by atoms with E-state index in [1.807, 2.05) is 18.2 Å². The Morgan fingerprint density at radius 3 is 2.93 bits per heavy atom. The number of halogens is 1. The topological polar surface area (TPSA) is 62.0 Å². The van der Waals surface area contributed by atoms with Crippen molar-refractivity contribution >= 4 is 22.5 Å². The summed E-state index contributed by atoms with van der Waals surface area (Å²) in [5.74, 6) is 0. The second-order valence-corrected chi connectivity index (χ2v) is 3.59. The van der Waals surface area contributed by atoms with Gasteiger partial charge >= 0.3 is 0 Å². The quantitative estimate of drug-likeness (QED) is 0.708. The molecule has 74 valence electrons. The van der Waals surface area contributed by atoms with Crippen LogP contribution in [0.2, 0.25) is 5.02 Å². The van der Waals surface area contributed by atoms with E-state index in [-0.39, 0.29) is 6.54 Å². The van der Waals surface area contributed by atoms with Gasteiger partial charge in [0.05, 0.1) is 10.5 Å². The van der Waals surface area contributed by atoms with E-state index in [1.165, 1.54) is 0 Å². The van der Waals surface area contributed by atoms with Crippen LogP contribution in [0, 0.1) is 0 Å². The number of benzene rings is 1. The van der Waals surface area contributed by atoms with Gasteiger partial charge in [-0.3, -0.25) is 0 Å². The molecule has 4 N–H and O–H groups in total. The second-order valence-electron chi connectivity index (χ2n) is 3.18. The fraction of sp³-hybridized carbons (Fsp3) is 0.200. The van der Waals surface area contributed by atoms with Gasteiger partial charge < -0.3 is 15.8 Å². The van der Waals surface area contributed by atoms with Gasteiger partial charge in [0.2, 0.25) is 0 Å². The van der Waals surface area contributed by atoms with E-state index in [0.717, 1.165) is 10.9 Å². The summed E-state index contributed by atoms with van der Waals surface area (Å²) in [5.41, 5.74) is 6.91. The van der Waals surface area contributed by atoms with Crippen molar-refractivity contribution < 1.29 is 5.11 Å². The van der Waals surface area contributed by atoms with Crippen LogP contribution in [0.1, 0.15) is 11.8 Å². The number of rotatable bonds is 2. The largest absolute Gasteiger partial charge is 0.386 e. The summed E-state index contributed by atoms with van der Waals surface area (Å²) in [7, 11) is 0. The summed E-state index contributed by atoms with van der Waals surface area (Å²) in [6, 6.07) is 7.47. The summed E-state index contributed by atoms with van der Waals surface area (Å²) in [6.45, 7) is 0.199. The SMILES string of the molecule is NCC(O)c1cc2cccc(Cl)c2[nH]1. The molecule has 2 rings (SSSR count). The third-order valence-corrected chi connectivity index (χ3v) is 2.52. The molecule has 0 saturated heterocycles. The summed E-state index contributed by atoms with van der Waals surface area (Å²) < 4.78 is 0. The van der Waals surface area contributed by atoms with Gasteiger partial charge in [0.25, 0.3) is 0 Å². The Morgan fingerprint density at radius 1 is 1.50 bits per heavy atom. The first-order chi connectivity index (χ1) is 6.72. The molecule has 0 aliphatic rings. The number of para-hydroxylation sites is 1. The fourth-order valence-electron chi connectivity index (χ4n) is 1.45. The predicted molar refractivity (Wildman–Crippen MR) is 57.3 cm³/mol. The number of hydrogen-bond donors (Lipinski definition) is 3. The lowest BCUT2D eigenvalue weighted by Crippen LogP contribution is -2.11. The van der Waals surface area contributed by atoms with Gasteiger partial charge in [-0.05, 0) is 12.1 Å². The van der Waals surface area contributed by atoms with E-state index in [2.05, 4.69) is 4.98 Å². The zero-order chi connectivity index (χ0) is 10.1. The molecule has 1 heterocycles. The van der Waals surface area contributed by atoms with Crippen LogP contribution >= 0.6 is 11.6 Å². The number of aliphatic hydroxyl groups excluding tert-OH is 1. The molecule has 0 aliphatic heterocycles. The van der Waals surface area contributed by atoms with Gasteiger partial charge in [-0.2, -0.15) is 0 Å². The van der Waals surface area contributed by atoms with Crippen molar-refractivity contribution in [1.82, 2.24) is 4.98 Å². The van der Waals surface area contributed by atoms with Crippen LogP contribution < -0.4 is 5.73 Å². The van der Waals surface area contributed by atoms with Crippen LogP contribution in [0.15, 0.2) is 24.3 Å². The minimum atomic E-state index is -0.654. The van der Waals surface area contributed by atoms with Crippen LogP contribution in [-0.2, 0) is 0 Å². The Balaban J connectivity index is 2.56. The van der Waals surface area contributed by atoms with Gasteiger partial charge in [0.15, 0.2) is 0 Å². The Bertz CT molecular complexity index is 452. The van der Waals surface area contributed by atoms with Gasteiger partial charge in [-0.1, -0.05) is 23.7 Å². The Kier molecular flexibility index (Phi) is 2.46. The monoisotopic (exact) mass is 210 g/mol. The molecule has 4 heteroatoms. The third-order valence-electron chi connectivity index (χ3n) is 2.21. The maximum Gasteiger partial charge on any atom is 0.106 e. The Morgan fingerprint density at radius 2 is 2.29 bits per heavy atom. The Labute approximate surface area is 86.5 Å². The zero-order valence-corrected chi connectivity index (χ0v) is 8.25. The number of nitrogens with one attached hydrogen (secondary N) is 1. The van der Waals surface area contributed by atoms with Crippen molar-refractivity contribution in [2.45, 2.75) is 6.10 Å². The molecule has 14 heavy (non-hydrogen) atoms. The van der Waals surface area contributed by atoms with Gasteiger partial charge in [0, 0.05) is 17.6 Å². The predicted octanol–water partition coefficient (Wildman–Crippen LogP) is 1.81. The van der Waals surface area contributed by atoms with Crippen LogP contribution in [0.5, 0.6) is 0 Å². The second kappa shape index (κ2) is 3.61. The lowest BCUT2D eigenvalue weighted by atomic mass is 10.2. The lowest BCUT2D eigenvalue weighted by Gasteiger charge is -2.02. The van der Waals surface area contributed by atoms with Crippen LogP contribution in [0.3, 0.4) is 0 Å². The average molecular weight is 211 g/mol. The van der Waals surface area contributed by atoms with E-state index < -0.39 is 6.10 Å². The third kappa shape index (κ3) is 1.50. The molecule has 1 atom stereocenters. The Hall–Kier alpha value is -1.03. The van der Waals surface area contributed by atoms with E-state index >= 15 is 0 Å². The number of nitrogens with two attached hydrogens (primary N) is 1. The van der Waals surface area contributed by atoms with Crippen molar-refractivity contribution in [3.05, 3.63) is 35.0 Å². The fourth-order valence-corrected chi connectivity index (χ4v) is 1.68. The van der Waals surface area contributed by atoms with Gasteiger partial charge in [-0.15, -0.1) is 0 Å². The molecular formula is C10H11ClN2O. The zero-order valence-electron chi connectivity index (χ0n) is 7.50. The van der Waals surface area contributed by atoms with Crippen LogP contribution in [0.25, 0.3) is 10.9 Å². The molecule has 1 aromatic carbocycles. The van der Waals surface area contributed by atoms with Crippen molar-refractivity contribution in [3.8, 4) is 0 Å². The molecule has 0 bridgehead atoms. The summed E-state index contributed by atoms with van der Waals surface area (Å²) in [4.78, 5) is 3.05. The molecule has 0 saturated carbocycles. The molecule has 1 unspecified atom stereocenters. The molecule has 2 aromatic rings. The van der Waals surface area contributed by atoms with E-state index in [0.29, 0.717) is 10.7 Å². The molecule has 0 aliphatic carbocycles. The highest BCUT2D eigenvalue weighted by atomic mass is 35.5. The normalized spacial score (nSPS) is 13.4. The first kappa shape index (κ1) is 9.52. The number of aromatic amines is 1. The first-order valence-electron chi connectivity index (χ1n) is 4.37. The molecular weight excluding hydrogens is 200 g/mol. The average Bonchev–Trinajstić information content (AvgIpc) is 2.62. The highest BCUT2D eigenvalue weighted by molar-refractivity contribution is 6.35. The minimum absolute atomic E-state index is 0.199. The van der Waals surface area contributed by atoms with Crippen molar-refractivity contribution in [1.29, 1.82) is 0 Å². The van der Waals surface area contributed by atoms with E-state index in [1.54, 1.807) is 6.07 Å². The summed E-state index contributed by atoms with van der Waals surface area (Å²) in [5, 5.41) is 11.2. The maximum absolute atomic E-state index is 9.52. The number of H-pyrrole nitrogens is 1. The molecule has 0 fully saturated rings. The van der Waals surface area contributed by atoms with E-state index in [4.69, 9.17) is 17.3 Å². The molecule has 3 nitrogen and oxygen atoms in total. The van der Waals surface area contributed by atoms with E-state index in [9.17, 15) is 5.11 Å². The number of aliphatic hydroxyl groups is 1. The van der Waals surface area contributed by atoms with Crippen molar-refractivity contribution in [3.63, 3.8) is 0 Å². The minimum Gasteiger partial charge on any atom is -0.386 e.